The van der Waals surface area contributed by atoms with Crippen LogP contribution in [0.1, 0.15) is 6.92 Å². The van der Waals surface area contributed by atoms with Gasteiger partial charge in [0.15, 0.2) is 0 Å². The highest BCUT2D eigenvalue weighted by atomic mass is 35.5. The van der Waals surface area contributed by atoms with Gasteiger partial charge in [-0.25, -0.2) is 13.9 Å². The zero-order valence-electron chi connectivity index (χ0n) is 18.4. The molecule has 0 aliphatic rings. The normalized spacial score (nSPS) is 13.8. The van der Waals surface area contributed by atoms with Gasteiger partial charge in [0.05, 0.1) is 4.90 Å². The van der Waals surface area contributed by atoms with E-state index < -0.39 is 27.2 Å². The van der Waals surface area contributed by atoms with Crippen LogP contribution in [0.4, 0.5) is 0 Å². The summed E-state index contributed by atoms with van der Waals surface area (Å²) in [5, 5.41) is 9.37. The van der Waals surface area contributed by atoms with Gasteiger partial charge in [0.25, 0.3) is 5.91 Å². The van der Waals surface area contributed by atoms with Crippen molar-refractivity contribution in [3.05, 3.63) is 53.6 Å². The van der Waals surface area contributed by atoms with Crippen molar-refractivity contribution in [1.29, 1.82) is 0 Å². The first-order chi connectivity index (χ1) is 15.1. The summed E-state index contributed by atoms with van der Waals surface area (Å²) in [6.45, 7) is 2.53. The summed E-state index contributed by atoms with van der Waals surface area (Å²) in [5.74, 6) is 0.925. The van der Waals surface area contributed by atoms with Gasteiger partial charge in [-0.05, 0) is 62.6 Å². The second-order valence-corrected chi connectivity index (χ2v) is 11.3. The molecule has 2 rings (SSSR count). The monoisotopic (exact) mass is 501 g/mol. The van der Waals surface area contributed by atoms with Gasteiger partial charge in [-0.3, -0.25) is 10.0 Å². The number of likely N-dealkylation sites (N-methyl/N-ethyl adjacent to an activating group) is 1. The topological polar surface area (TPSA) is 99.2 Å². The fourth-order valence-electron chi connectivity index (χ4n) is 2.89. The van der Waals surface area contributed by atoms with E-state index in [0.29, 0.717) is 22.3 Å². The Bertz CT molecular complexity index is 985. The van der Waals surface area contributed by atoms with E-state index in [1.807, 2.05) is 19.0 Å². The molecule has 2 aromatic carbocycles. The average molecular weight is 502 g/mol. The summed E-state index contributed by atoms with van der Waals surface area (Å²) in [4.78, 5) is 14.3. The first kappa shape index (κ1) is 26.4. The fourth-order valence-corrected chi connectivity index (χ4v) is 5.81. The third-order valence-electron chi connectivity index (χ3n) is 4.68. The zero-order valence-corrected chi connectivity index (χ0v) is 20.7. The van der Waals surface area contributed by atoms with Crippen LogP contribution in [-0.4, -0.2) is 73.5 Å². The van der Waals surface area contributed by atoms with Crippen LogP contribution >= 0.6 is 23.4 Å². The molecule has 0 bridgehead atoms. The Kier molecular flexibility index (Phi) is 9.81. The number of rotatable bonds is 11. The molecule has 2 atom stereocenters. The summed E-state index contributed by atoms with van der Waals surface area (Å²) >= 11 is 7.31. The number of carbonyl (C=O) groups is 1. The molecule has 32 heavy (non-hydrogen) atoms. The molecule has 0 saturated carbocycles. The maximum atomic E-state index is 13.2. The molecule has 0 aliphatic carbocycles. The van der Waals surface area contributed by atoms with Gasteiger partial charge < -0.3 is 9.64 Å². The van der Waals surface area contributed by atoms with E-state index in [-0.39, 0.29) is 4.90 Å². The highest BCUT2D eigenvalue weighted by Gasteiger charge is 2.37. The van der Waals surface area contributed by atoms with E-state index in [0.717, 1.165) is 10.8 Å². The number of nitrogens with zero attached hydrogens (tertiary/aromatic N) is 2. The third-order valence-corrected chi connectivity index (χ3v) is 7.99. The second-order valence-electron chi connectivity index (χ2n) is 7.35. The number of ether oxygens (including phenoxy) is 1. The largest absolute Gasteiger partial charge is 0.457 e. The Morgan fingerprint density at radius 1 is 1.09 bits per heavy atom. The van der Waals surface area contributed by atoms with Gasteiger partial charge in [0.2, 0.25) is 10.0 Å². The van der Waals surface area contributed by atoms with Crippen LogP contribution in [0.5, 0.6) is 11.5 Å². The lowest BCUT2D eigenvalue weighted by Gasteiger charge is -2.30. The Labute approximate surface area is 198 Å². The van der Waals surface area contributed by atoms with Crippen LogP contribution in [0, 0.1) is 0 Å². The molecular weight excluding hydrogens is 474 g/mol. The minimum atomic E-state index is -4.01. The lowest BCUT2D eigenvalue weighted by molar-refractivity contribution is -0.132. The molecule has 11 heteroatoms. The summed E-state index contributed by atoms with van der Waals surface area (Å²) in [6.07, 6.45) is 0. The standard InChI is InChI=1S/C21H28ClN3O5S2/c1-15(31-14-13-24(2)3)20(21(26)23-27)25(4)32(28,29)19-11-9-18(10-12-19)30-17-7-5-16(22)6-8-17/h5-12,15,20,27H,13-14H2,1-4H3,(H,23,26). The zero-order chi connectivity index (χ0) is 23.9. The smallest absolute Gasteiger partial charge is 0.262 e. The number of sulfonamides is 1. The van der Waals surface area contributed by atoms with E-state index in [1.165, 1.54) is 43.1 Å². The number of hydrogen-bond acceptors (Lipinski definition) is 7. The molecule has 0 aromatic heterocycles. The Hall–Kier alpha value is -1.82. The number of nitrogens with one attached hydrogen (secondary N) is 1. The Morgan fingerprint density at radius 3 is 2.12 bits per heavy atom. The predicted molar refractivity (Wildman–Crippen MR) is 127 cm³/mol. The molecular formula is C21H28ClN3O5S2. The van der Waals surface area contributed by atoms with Crippen LogP contribution in [-0.2, 0) is 14.8 Å². The predicted octanol–water partition coefficient (Wildman–Crippen LogP) is 3.31. The van der Waals surface area contributed by atoms with E-state index in [1.54, 1.807) is 36.7 Å². The minimum absolute atomic E-state index is 0.00434. The first-order valence-electron chi connectivity index (χ1n) is 9.78. The molecule has 176 valence electrons. The van der Waals surface area contributed by atoms with E-state index in [4.69, 9.17) is 16.3 Å². The Morgan fingerprint density at radius 2 is 1.62 bits per heavy atom. The van der Waals surface area contributed by atoms with Crippen molar-refractivity contribution in [2.45, 2.75) is 23.1 Å². The quantitative estimate of drug-likeness (QED) is 0.360. The number of thioether (sulfide) groups is 1. The maximum absolute atomic E-state index is 13.2. The number of halogens is 1. The molecule has 0 radical (unpaired) electrons. The SMILES string of the molecule is CC(SCCN(C)C)C(C(=O)NO)N(C)S(=O)(=O)c1ccc(Oc2ccc(Cl)cc2)cc1. The van der Waals surface area contributed by atoms with Crippen molar-refractivity contribution in [2.75, 3.05) is 33.4 Å². The molecule has 1 amide bonds. The second kappa shape index (κ2) is 11.9. The minimum Gasteiger partial charge on any atom is -0.457 e. The number of hydrogen-bond donors (Lipinski definition) is 2. The lowest BCUT2D eigenvalue weighted by Crippen LogP contribution is -2.51. The number of carbonyl (C=O) groups excluding carboxylic acids is 1. The molecule has 0 fully saturated rings. The molecule has 2 unspecified atom stereocenters. The van der Waals surface area contributed by atoms with Crippen LogP contribution in [0.2, 0.25) is 5.02 Å². The van der Waals surface area contributed by atoms with Gasteiger partial charge in [-0.15, -0.1) is 0 Å². The molecule has 0 spiro atoms. The van der Waals surface area contributed by atoms with E-state index in [2.05, 4.69) is 0 Å². The highest BCUT2D eigenvalue weighted by Crippen LogP contribution is 2.27. The van der Waals surface area contributed by atoms with Crippen molar-refractivity contribution in [2.24, 2.45) is 0 Å². The van der Waals surface area contributed by atoms with Crippen LogP contribution < -0.4 is 10.2 Å². The molecule has 0 aliphatic heterocycles. The lowest BCUT2D eigenvalue weighted by atomic mass is 10.2. The average Bonchev–Trinajstić information content (AvgIpc) is 2.75. The number of hydroxylamine groups is 1. The van der Waals surface area contributed by atoms with Crippen molar-refractivity contribution >= 4 is 39.3 Å². The van der Waals surface area contributed by atoms with Gasteiger partial charge in [-0.1, -0.05) is 18.5 Å². The molecule has 2 N–H and O–H groups in total. The van der Waals surface area contributed by atoms with Crippen molar-refractivity contribution in [3.63, 3.8) is 0 Å². The van der Waals surface area contributed by atoms with Crippen molar-refractivity contribution in [1.82, 2.24) is 14.7 Å². The summed E-state index contributed by atoms with van der Waals surface area (Å²) in [6, 6.07) is 11.6. The fraction of sp³-hybridized carbons (Fsp3) is 0.381. The molecule has 0 heterocycles. The maximum Gasteiger partial charge on any atom is 0.262 e. The van der Waals surface area contributed by atoms with E-state index >= 15 is 0 Å². The van der Waals surface area contributed by atoms with Crippen molar-refractivity contribution in [3.8, 4) is 11.5 Å². The van der Waals surface area contributed by atoms with Gasteiger partial charge in [0.1, 0.15) is 17.5 Å². The summed E-state index contributed by atoms with van der Waals surface area (Å²) < 4.78 is 33.0. The van der Waals surface area contributed by atoms with Gasteiger partial charge in [-0.2, -0.15) is 16.1 Å². The van der Waals surface area contributed by atoms with Gasteiger partial charge >= 0.3 is 0 Å². The Balaban J connectivity index is 2.18. The highest BCUT2D eigenvalue weighted by molar-refractivity contribution is 8.00. The molecule has 0 saturated heterocycles. The number of amides is 1. The number of benzene rings is 2. The van der Waals surface area contributed by atoms with Crippen LogP contribution in [0.25, 0.3) is 0 Å². The first-order valence-corrected chi connectivity index (χ1v) is 12.6. The van der Waals surface area contributed by atoms with Crippen LogP contribution in [0.3, 0.4) is 0 Å². The van der Waals surface area contributed by atoms with Crippen LogP contribution in [0.15, 0.2) is 53.4 Å². The van der Waals surface area contributed by atoms with Gasteiger partial charge in [0, 0.05) is 29.6 Å². The molecule has 2 aromatic rings. The van der Waals surface area contributed by atoms with Crippen molar-refractivity contribution < 1.29 is 23.2 Å². The molecule has 8 nitrogen and oxygen atoms in total. The summed E-state index contributed by atoms with van der Waals surface area (Å²) in [7, 11) is 1.18. The third kappa shape index (κ3) is 7.09. The summed E-state index contributed by atoms with van der Waals surface area (Å²) in [5.41, 5.74) is 1.59. The van der Waals surface area contributed by atoms with E-state index in [9.17, 15) is 18.4 Å².